The van der Waals surface area contributed by atoms with Crippen molar-refractivity contribution in [1.29, 1.82) is 0 Å². The molecule has 0 spiro atoms. The normalized spacial score (nSPS) is 10.7. The van der Waals surface area contributed by atoms with E-state index in [1.807, 2.05) is 6.07 Å². The van der Waals surface area contributed by atoms with Crippen LogP contribution in [0.25, 0.3) is 0 Å². The van der Waals surface area contributed by atoms with Crippen LogP contribution >= 0.6 is 23.2 Å². The molecule has 4 heteroatoms. The lowest BCUT2D eigenvalue weighted by Crippen LogP contribution is -2.06. The summed E-state index contributed by atoms with van der Waals surface area (Å²) in [5, 5.41) is 1.12. The molecule has 0 amide bonds. The van der Waals surface area contributed by atoms with Gasteiger partial charge in [-0.2, -0.15) is 0 Å². The van der Waals surface area contributed by atoms with Gasteiger partial charge in [-0.05, 0) is 50.1 Å². The minimum atomic E-state index is 0.474. The van der Waals surface area contributed by atoms with E-state index in [0.717, 1.165) is 11.1 Å². The Morgan fingerprint density at radius 2 is 1.67 bits per heavy atom. The molecule has 0 aliphatic rings. The molecule has 2 N–H and O–H groups in total. The third-order valence-corrected chi connectivity index (χ3v) is 3.66. The van der Waals surface area contributed by atoms with Gasteiger partial charge in [-0.25, -0.2) is 0 Å². The predicted octanol–water partition coefficient (Wildman–Crippen LogP) is 4.69. The Kier molecular flexibility index (Phi) is 5.51. The fraction of sp³-hybridized carbons (Fsp3) is 0.294. The van der Waals surface area contributed by atoms with Crippen LogP contribution in [0.15, 0.2) is 30.3 Å². The van der Waals surface area contributed by atoms with E-state index in [9.17, 15) is 0 Å². The van der Waals surface area contributed by atoms with Crippen molar-refractivity contribution >= 4 is 23.2 Å². The van der Waals surface area contributed by atoms with Crippen molar-refractivity contribution in [2.24, 2.45) is 5.73 Å². The third kappa shape index (κ3) is 4.37. The molecule has 0 saturated heterocycles. The van der Waals surface area contributed by atoms with Crippen LogP contribution in [0.3, 0.4) is 0 Å². The number of ether oxygens (including phenoxy) is 1. The van der Waals surface area contributed by atoms with Gasteiger partial charge in [0, 0.05) is 5.02 Å². The zero-order valence-electron chi connectivity index (χ0n) is 12.2. The van der Waals surface area contributed by atoms with E-state index >= 15 is 0 Å². The number of benzene rings is 2. The van der Waals surface area contributed by atoms with Gasteiger partial charge in [-0.1, -0.05) is 52.5 Å². The number of aryl methyl sites for hydroxylation is 2. The number of hydrogen-bond acceptors (Lipinski definition) is 2. The van der Waals surface area contributed by atoms with Crippen molar-refractivity contribution in [1.82, 2.24) is 0 Å². The van der Waals surface area contributed by atoms with Crippen molar-refractivity contribution in [3.63, 3.8) is 0 Å². The van der Waals surface area contributed by atoms with Gasteiger partial charge < -0.3 is 10.5 Å². The molecule has 0 atom stereocenters. The number of rotatable bonds is 5. The second kappa shape index (κ2) is 7.17. The van der Waals surface area contributed by atoms with Crippen LogP contribution in [0.5, 0.6) is 5.75 Å². The van der Waals surface area contributed by atoms with Crippen molar-refractivity contribution in [3.8, 4) is 5.75 Å². The summed E-state index contributed by atoms with van der Waals surface area (Å²) in [5.74, 6) is 0.672. The van der Waals surface area contributed by atoms with Crippen molar-refractivity contribution in [3.05, 3.63) is 62.6 Å². The zero-order valence-corrected chi connectivity index (χ0v) is 13.8. The highest BCUT2D eigenvalue weighted by Gasteiger charge is 2.11. The Bertz CT molecular complexity index is 621. The Hall–Kier alpha value is -1.22. The average molecular weight is 324 g/mol. The smallest absolute Gasteiger partial charge is 0.141 e. The Morgan fingerprint density at radius 1 is 1.00 bits per heavy atom. The van der Waals surface area contributed by atoms with Gasteiger partial charge in [0.15, 0.2) is 0 Å². The maximum absolute atomic E-state index is 6.25. The Labute approximate surface area is 135 Å². The molecule has 0 radical (unpaired) electrons. The molecule has 0 fully saturated rings. The van der Waals surface area contributed by atoms with Gasteiger partial charge >= 0.3 is 0 Å². The molecule has 21 heavy (non-hydrogen) atoms. The van der Waals surface area contributed by atoms with E-state index < -0.39 is 0 Å². The maximum atomic E-state index is 6.25. The molecule has 2 nitrogen and oxygen atoms in total. The lowest BCUT2D eigenvalue weighted by Gasteiger charge is -2.14. The van der Waals surface area contributed by atoms with Crippen LogP contribution in [0, 0.1) is 13.8 Å². The highest BCUT2D eigenvalue weighted by atomic mass is 35.5. The number of nitrogens with two attached hydrogens (primary N) is 1. The van der Waals surface area contributed by atoms with Gasteiger partial charge in [0.05, 0.1) is 5.02 Å². The quantitative estimate of drug-likeness (QED) is 0.866. The largest absolute Gasteiger partial charge is 0.487 e. The SMILES string of the molecule is Cc1cc(C)cc(COc2c(Cl)cc(Cl)cc2CCN)c1. The molecular weight excluding hydrogens is 305 g/mol. The van der Waals surface area contributed by atoms with Gasteiger partial charge in [-0.3, -0.25) is 0 Å². The molecule has 112 valence electrons. The molecule has 0 aliphatic heterocycles. The summed E-state index contributed by atoms with van der Waals surface area (Å²) in [6, 6.07) is 9.91. The van der Waals surface area contributed by atoms with Crippen LogP contribution in [-0.4, -0.2) is 6.54 Å². The standard InChI is InChI=1S/C17H19Cl2NO/c1-11-5-12(2)7-13(6-11)10-21-17-14(3-4-20)8-15(18)9-16(17)19/h5-9H,3-4,10,20H2,1-2H3. The molecule has 2 aromatic rings. The van der Waals surface area contributed by atoms with Crippen LogP contribution < -0.4 is 10.5 Å². The van der Waals surface area contributed by atoms with Crippen LogP contribution in [0.1, 0.15) is 22.3 Å². The van der Waals surface area contributed by atoms with E-state index in [1.165, 1.54) is 11.1 Å². The summed E-state index contributed by atoms with van der Waals surface area (Å²) in [4.78, 5) is 0. The molecular formula is C17H19Cl2NO. The van der Waals surface area contributed by atoms with E-state index in [4.69, 9.17) is 33.7 Å². The topological polar surface area (TPSA) is 35.2 Å². The fourth-order valence-corrected chi connectivity index (χ4v) is 3.01. The average Bonchev–Trinajstić information content (AvgIpc) is 2.36. The maximum Gasteiger partial charge on any atom is 0.141 e. The summed E-state index contributed by atoms with van der Waals surface area (Å²) in [7, 11) is 0. The minimum Gasteiger partial charge on any atom is -0.487 e. The summed E-state index contributed by atoms with van der Waals surface area (Å²) >= 11 is 12.3. The predicted molar refractivity (Wildman–Crippen MR) is 89.5 cm³/mol. The van der Waals surface area contributed by atoms with Crippen molar-refractivity contribution in [2.45, 2.75) is 26.9 Å². The summed E-state index contributed by atoms with van der Waals surface area (Å²) in [6.07, 6.45) is 0.683. The molecule has 0 bridgehead atoms. The van der Waals surface area contributed by atoms with Crippen molar-refractivity contribution in [2.75, 3.05) is 6.54 Å². The second-order valence-corrected chi connectivity index (χ2v) is 6.04. The number of hydrogen-bond donors (Lipinski definition) is 1. The van der Waals surface area contributed by atoms with Gasteiger partial charge in [0.2, 0.25) is 0 Å². The monoisotopic (exact) mass is 323 g/mol. The van der Waals surface area contributed by atoms with E-state index in [2.05, 4.69) is 32.0 Å². The second-order valence-electron chi connectivity index (χ2n) is 5.20. The summed E-state index contributed by atoms with van der Waals surface area (Å²) in [6.45, 7) is 5.15. The van der Waals surface area contributed by atoms with Crippen LogP contribution in [-0.2, 0) is 13.0 Å². The Balaban J connectivity index is 2.22. The fourth-order valence-electron chi connectivity index (χ4n) is 2.42. The first-order valence-corrected chi connectivity index (χ1v) is 7.63. The Morgan fingerprint density at radius 3 is 2.29 bits per heavy atom. The first-order chi connectivity index (χ1) is 9.99. The lowest BCUT2D eigenvalue weighted by molar-refractivity contribution is 0.303. The lowest BCUT2D eigenvalue weighted by atomic mass is 10.1. The molecule has 0 saturated carbocycles. The molecule has 0 aliphatic carbocycles. The van der Waals surface area contributed by atoms with Crippen LogP contribution in [0.4, 0.5) is 0 Å². The van der Waals surface area contributed by atoms with Crippen molar-refractivity contribution < 1.29 is 4.74 Å². The molecule has 0 aromatic heterocycles. The van der Waals surface area contributed by atoms with E-state index in [0.29, 0.717) is 35.4 Å². The van der Waals surface area contributed by atoms with E-state index in [1.54, 1.807) is 6.07 Å². The van der Waals surface area contributed by atoms with Crippen LogP contribution in [0.2, 0.25) is 10.0 Å². The summed E-state index contributed by atoms with van der Waals surface area (Å²) in [5.41, 5.74) is 10.1. The third-order valence-electron chi connectivity index (χ3n) is 3.16. The minimum absolute atomic E-state index is 0.474. The first kappa shape index (κ1) is 16.2. The number of halogens is 2. The van der Waals surface area contributed by atoms with Gasteiger partial charge in [-0.15, -0.1) is 0 Å². The molecule has 0 unspecified atom stereocenters. The van der Waals surface area contributed by atoms with Gasteiger partial charge in [0.25, 0.3) is 0 Å². The summed E-state index contributed by atoms with van der Waals surface area (Å²) < 4.78 is 5.93. The molecule has 2 aromatic carbocycles. The zero-order chi connectivity index (χ0) is 15.4. The molecule has 0 heterocycles. The highest BCUT2D eigenvalue weighted by molar-refractivity contribution is 6.35. The van der Waals surface area contributed by atoms with E-state index in [-0.39, 0.29) is 0 Å². The first-order valence-electron chi connectivity index (χ1n) is 6.87. The highest BCUT2D eigenvalue weighted by Crippen LogP contribution is 2.33. The molecule has 2 rings (SSSR count). The van der Waals surface area contributed by atoms with Gasteiger partial charge in [0.1, 0.15) is 12.4 Å².